The molecule has 0 spiro atoms. The molecule has 1 amide bonds. The fourth-order valence-corrected chi connectivity index (χ4v) is 8.14. The van der Waals surface area contributed by atoms with Crippen LogP contribution in [-0.4, -0.2) is 73.7 Å². The van der Waals surface area contributed by atoms with Crippen LogP contribution in [0.15, 0.2) is 54.7 Å². The Kier molecular flexibility index (Phi) is 6.51. The van der Waals surface area contributed by atoms with E-state index in [9.17, 15) is 10.1 Å². The van der Waals surface area contributed by atoms with Gasteiger partial charge in [-0.05, 0) is 80.0 Å². The Balaban J connectivity index is 1.14. The van der Waals surface area contributed by atoms with Crippen LogP contribution in [0.25, 0.3) is 33.6 Å². The van der Waals surface area contributed by atoms with E-state index in [2.05, 4.69) is 37.2 Å². The van der Waals surface area contributed by atoms with E-state index < -0.39 is 0 Å². The van der Waals surface area contributed by atoms with Crippen molar-refractivity contribution in [3.63, 3.8) is 0 Å². The molecule has 2 saturated carbocycles. The Hall–Kier alpha value is -4.95. The molecule has 2 saturated heterocycles. The van der Waals surface area contributed by atoms with Gasteiger partial charge in [-0.15, -0.1) is 0 Å². The number of ether oxygens (including phenoxy) is 1. The average molecular weight is 628 g/mol. The van der Waals surface area contributed by atoms with Crippen molar-refractivity contribution in [2.45, 2.75) is 50.9 Å². The SMILES string of the molecule is COc1cc(C(=O)N2CC3CCC2[C@@H]3N)cc2nc(-c3cc4cccnc4n3CC3CC3)n(CC3CN(c4cccc(C#N)n4)C3)c12. The summed E-state index contributed by atoms with van der Waals surface area (Å²) in [6.45, 7) is 3.95. The molecule has 5 aromatic rings. The summed E-state index contributed by atoms with van der Waals surface area (Å²) in [5.41, 5.74) is 11.1. The van der Waals surface area contributed by atoms with E-state index in [1.165, 1.54) is 12.8 Å². The number of nitriles is 1. The quantitative estimate of drug-likeness (QED) is 0.267. The first kappa shape index (κ1) is 28.3. The number of fused-ring (bicyclic) bond motifs is 4. The summed E-state index contributed by atoms with van der Waals surface area (Å²) < 4.78 is 10.7. The number of benzene rings is 1. The Morgan fingerprint density at radius 1 is 1.00 bits per heavy atom. The number of piperidine rings is 1. The fraction of sp³-hybridized carbons (Fsp3) is 0.417. The van der Waals surface area contributed by atoms with Crippen molar-refractivity contribution in [1.29, 1.82) is 5.26 Å². The highest BCUT2D eigenvalue weighted by molar-refractivity contribution is 6.00. The van der Waals surface area contributed by atoms with Crippen molar-refractivity contribution in [1.82, 2.24) is 29.0 Å². The molecule has 3 atom stereocenters. The number of hydrogen-bond acceptors (Lipinski definition) is 8. The van der Waals surface area contributed by atoms with Crippen LogP contribution >= 0.6 is 0 Å². The second kappa shape index (κ2) is 10.8. The summed E-state index contributed by atoms with van der Waals surface area (Å²) in [6, 6.07) is 18.0. The number of anilines is 1. The normalized spacial score (nSPS) is 22.3. The molecule has 238 valence electrons. The monoisotopic (exact) mass is 627 g/mol. The van der Waals surface area contributed by atoms with Crippen molar-refractivity contribution in [2.24, 2.45) is 23.5 Å². The fourth-order valence-electron chi connectivity index (χ4n) is 8.14. The number of nitrogens with zero attached hydrogens (tertiary/aromatic N) is 8. The van der Waals surface area contributed by atoms with Gasteiger partial charge in [-0.3, -0.25) is 4.79 Å². The smallest absolute Gasteiger partial charge is 0.254 e. The van der Waals surface area contributed by atoms with Crippen LogP contribution in [-0.2, 0) is 13.1 Å². The number of methoxy groups -OCH3 is 1. The Labute approximate surface area is 272 Å². The van der Waals surface area contributed by atoms with E-state index in [4.69, 9.17) is 20.4 Å². The lowest BCUT2D eigenvalue weighted by Gasteiger charge is -2.40. The molecule has 4 aliphatic rings. The first-order valence-corrected chi connectivity index (χ1v) is 16.7. The number of likely N-dealkylation sites (tertiary alicyclic amines) is 1. The van der Waals surface area contributed by atoms with E-state index >= 15 is 0 Å². The van der Waals surface area contributed by atoms with Crippen LogP contribution in [0, 0.1) is 29.1 Å². The summed E-state index contributed by atoms with van der Waals surface area (Å²) in [7, 11) is 1.67. The molecule has 11 heteroatoms. The van der Waals surface area contributed by atoms with Crippen molar-refractivity contribution >= 4 is 33.8 Å². The predicted molar refractivity (Wildman–Crippen MR) is 178 cm³/mol. The average Bonchev–Trinajstić information content (AvgIpc) is 3.44. The zero-order valence-corrected chi connectivity index (χ0v) is 26.4. The molecule has 0 radical (unpaired) electrons. The van der Waals surface area contributed by atoms with Crippen LogP contribution in [0.5, 0.6) is 5.75 Å². The van der Waals surface area contributed by atoms with Crippen molar-refractivity contribution in [3.8, 4) is 23.3 Å². The minimum Gasteiger partial charge on any atom is -0.494 e. The lowest BCUT2D eigenvalue weighted by Crippen LogP contribution is -2.49. The highest BCUT2D eigenvalue weighted by Gasteiger charge is 2.47. The third-order valence-corrected chi connectivity index (χ3v) is 10.8. The van der Waals surface area contributed by atoms with E-state index in [1.54, 1.807) is 13.2 Å². The number of amides is 1. The lowest BCUT2D eigenvalue weighted by molar-refractivity contribution is 0.0700. The van der Waals surface area contributed by atoms with Crippen LogP contribution in [0.1, 0.15) is 41.7 Å². The predicted octanol–water partition coefficient (Wildman–Crippen LogP) is 4.44. The maximum Gasteiger partial charge on any atom is 0.254 e. The van der Waals surface area contributed by atoms with Crippen LogP contribution in [0.2, 0.25) is 0 Å². The maximum atomic E-state index is 13.9. The summed E-state index contributed by atoms with van der Waals surface area (Å²) in [6.07, 6.45) is 6.36. The molecule has 2 aliphatic carbocycles. The Morgan fingerprint density at radius 3 is 2.60 bits per heavy atom. The van der Waals surface area contributed by atoms with Gasteiger partial charge in [0.2, 0.25) is 0 Å². The topological polar surface area (TPSA) is 131 Å². The molecule has 2 unspecified atom stereocenters. The summed E-state index contributed by atoms with van der Waals surface area (Å²) in [5, 5.41) is 10.4. The van der Waals surface area contributed by atoms with Gasteiger partial charge in [-0.25, -0.2) is 15.0 Å². The first-order valence-electron chi connectivity index (χ1n) is 16.7. The number of hydrogen-bond donors (Lipinski definition) is 1. The number of rotatable bonds is 8. The molecular weight excluding hydrogens is 590 g/mol. The molecule has 9 rings (SSSR count). The molecule has 1 aromatic carbocycles. The lowest BCUT2D eigenvalue weighted by atomic mass is 9.99. The number of carbonyl (C=O) groups excluding carboxylic acids is 1. The van der Waals surface area contributed by atoms with E-state index in [-0.39, 0.29) is 18.0 Å². The summed E-state index contributed by atoms with van der Waals surface area (Å²) in [4.78, 5) is 32.7. The van der Waals surface area contributed by atoms with Crippen LogP contribution < -0.4 is 15.4 Å². The van der Waals surface area contributed by atoms with Gasteiger partial charge in [0.05, 0.1) is 18.3 Å². The van der Waals surface area contributed by atoms with E-state index in [1.807, 2.05) is 41.4 Å². The standard InChI is InChI=1S/C36H37N9O2/c1-47-30-14-25(36(46)44-20-24-9-10-28(44)32(24)38)12-27-33(30)45(19-22-16-42(17-22)31-6-2-5-26(15-37)40-31)35(41-27)29-13-23-4-3-11-39-34(23)43(29)18-21-7-8-21/h2-6,11-14,21-22,24,28,32H,7-10,16-20,38H2,1H3/t24?,28?,32-/m1/s1. The zero-order chi connectivity index (χ0) is 31.8. The van der Waals surface area contributed by atoms with Crippen molar-refractivity contribution in [2.75, 3.05) is 31.6 Å². The largest absolute Gasteiger partial charge is 0.494 e. The molecule has 2 aliphatic heterocycles. The molecule has 47 heavy (non-hydrogen) atoms. The van der Waals surface area contributed by atoms with Gasteiger partial charge in [0.15, 0.2) is 5.82 Å². The highest BCUT2D eigenvalue weighted by Crippen LogP contribution is 2.41. The number of aromatic nitrogens is 5. The molecule has 6 heterocycles. The number of nitrogens with two attached hydrogens (primary N) is 1. The van der Waals surface area contributed by atoms with Gasteiger partial charge in [0, 0.05) is 67.9 Å². The van der Waals surface area contributed by atoms with Gasteiger partial charge in [0.25, 0.3) is 5.91 Å². The second-order valence-electron chi connectivity index (χ2n) is 13.8. The molecule has 4 aromatic heterocycles. The Bertz CT molecular complexity index is 2080. The summed E-state index contributed by atoms with van der Waals surface area (Å²) in [5.74, 6) is 3.66. The first-order chi connectivity index (χ1) is 23.0. The number of imidazole rings is 1. The van der Waals surface area contributed by atoms with Gasteiger partial charge in [-0.1, -0.05) is 6.07 Å². The van der Waals surface area contributed by atoms with Crippen LogP contribution in [0.3, 0.4) is 0 Å². The zero-order valence-electron chi connectivity index (χ0n) is 26.4. The maximum absolute atomic E-state index is 13.9. The van der Waals surface area contributed by atoms with Gasteiger partial charge >= 0.3 is 0 Å². The molecular formula is C36H37N9O2. The third kappa shape index (κ3) is 4.65. The van der Waals surface area contributed by atoms with Gasteiger partial charge in [0.1, 0.15) is 34.5 Å². The van der Waals surface area contributed by atoms with E-state index in [0.717, 1.165) is 71.9 Å². The Morgan fingerprint density at radius 2 is 1.85 bits per heavy atom. The molecule has 2 bridgehead atoms. The minimum absolute atomic E-state index is 0.00210. The minimum atomic E-state index is -0.00210. The van der Waals surface area contributed by atoms with Crippen molar-refractivity contribution < 1.29 is 9.53 Å². The van der Waals surface area contributed by atoms with Gasteiger partial charge in [-0.2, -0.15) is 5.26 Å². The van der Waals surface area contributed by atoms with Crippen LogP contribution in [0.4, 0.5) is 5.82 Å². The highest BCUT2D eigenvalue weighted by atomic mass is 16.5. The van der Waals surface area contributed by atoms with Crippen molar-refractivity contribution in [3.05, 3.63) is 66.0 Å². The number of carbonyl (C=O) groups is 1. The van der Waals surface area contributed by atoms with Gasteiger partial charge < -0.3 is 29.4 Å². The third-order valence-electron chi connectivity index (χ3n) is 10.8. The molecule has 2 N–H and O–H groups in total. The molecule has 4 fully saturated rings. The molecule has 11 nitrogen and oxygen atoms in total. The number of pyridine rings is 2. The van der Waals surface area contributed by atoms with E-state index in [0.29, 0.717) is 47.9 Å². The summed E-state index contributed by atoms with van der Waals surface area (Å²) >= 11 is 0. The second-order valence-corrected chi connectivity index (χ2v) is 13.8.